The standard InChI is InChI=1S/C16H23N3S/c1-4-17-16-14(7-5-9-18-16)11-19(13(2)3)12-15-8-6-10-20-15/h5-10,13H,4,11-12H2,1-3H3,(H,17,18). The molecular weight excluding hydrogens is 266 g/mol. The molecule has 0 saturated carbocycles. The second-order valence-electron chi connectivity index (χ2n) is 5.12. The SMILES string of the molecule is CCNc1ncccc1CN(Cc1cccs1)C(C)C. The van der Waals surface area contributed by atoms with Crippen LogP contribution in [-0.4, -0.2) is 22.5 Å². The Kier molecular flexibility index (Phi) is 5.56. The van der Waals surface area contributed by atoms with Gasteiger partial charge in [-0.3, -0.25) is 4.90 Å². The Hall–Kier alpha value is -1.39. The molecule has 2 aromatic heterocycles. The van der Waals surface area contributed by atoms with Gasteiger partial charge in [-0.15, -0.1) is 11.3 Å². The lowest BCUT2D eigenvalue weighted by molar-refractivity contribution is 0.206. The number of aromatic nitrogens is 1. The van der Waals surface area contributed by atoms with Gasteiger partial charge in [0.1, 0.15) is 5.82 Å². The van der Waals surface area contributed by atoms with E-state index in [1.165, 1.54) is 10.4 Å². The Labute approximate surface area is 125 Å². The van der Waals surface area contributed by atoms with Gasteiger partial charge in [-0.05, 0) is 38.3 Å². The summed E-state index contributed by atoms with van der Waals surface area (Å²) in [7, 11) is 0. The molecule has 0 atom stereocenters. The third kappa shape index (κ3) is 4.05. The fraction of sp³-hybridized carbons (Fsp3) is 0.438. The monoisotopic (exact) mass is 289 g/mol. The molecule has 0 radical (unpaired) electrons. The largest absolute Gasteiger partial charge is 0.370 e. The van der Waals surface area contributed by atoms with E-state index < -0.39 is 0 Å². The number of rotatable bonds is 7. The predicted molar refractivity (Wildman–Crippen MR) is 87.1 cm³/mol. The van der Waals surface area contributed by atoms with E-state index >= 15 is 0 Å². The zero-order chi connectivity index (χ0) is 14.4. The summed E-state index contributed by atoms with van der Waals surface area (Å²) >= 11 is 1.82. The smallest absolute Gasteiger partial charge is 0.130 e. The molecule has 108 valence electrons. The minimum Gasteiger partial charge on any atom is -0.370 e. The number of nitrogens with one attached hydrogen (secondary N) is 1. The van der Waals surface area contributed by atoms with E-state index in [1.807, 2.05) is 23.6 Å². The minimum absolute atomic E-state index is 0.506. The Morgan fingerprint density at radius 2 is 2.10 bits per heavy atom. The van der Waals surface area contributed by atoms with E-state index in [1.54, 1.807) is 0 Å². The fourth-order valence-electron chi connectivity index (χ4n) is 2.14. The molecule has 3 nitrogen and oxygen atoms in total. The molecule has 0 aromatic carbocycles. The first-order chi connectivity index (χ1) is 9.70. The summed E-state index contributed by atoms with van der Waals surface area (Å²) in [6, 6.07) is 9.00. The summed E-state index contributed by atoms with van der Waals surface area (Å²) in [5, 5.41) is 5.48. The lowest BCUT2D eigenvalue weighted by Crippen LogP contribution is -2.30. The highest BCUT2D eigenvalue weighted by molar-refractivity contribution is 7.09. The van der Waals surface area contributed by atoms with Crippen molar-refractivity contribution in [3.05, 3.63) is 46.3 Å². The van der Waals surface area contributed by atoms with Crippen LogP contribution >= 0.6 is 11.3 Å². The van der Waals surface area contributed by atoms with Crippen molar-refractivity contribution in [2.24, 2.45) is 0 Å². The molecule has 0 aliphatic heterocycles. The fourth-order valence-corrected chi connectivity index (χ4v) is 2.86. The van der Waals surface area contributed by atoms with Crippen LogP contribution in [-0.2, 0) is 13.1 Å². The summed E-state index contributed by atoms with van der Waals surface area (Å²) in [6.07, 6.45) is 1.85. The molecule has 0 amide bonds. The van der Waals surface area contributed by atoms with Crippen molar-refractivity contribution in [3.63, 3.8) is 0 Å². The van der Waals surface area contributed by atoms with Crippen LogP contribution in [0.4, 0.5) is 5.82 Å². The van der Waals surface area contributed by atoms with Crippen LogP contribution in [0.2, 0.25) is 0 Å². The van der Waals surface area contributed by atoms with Gasteiger partial charge in [-0.1, -0.05) is 12.1 Å². The van der Waals surface area contributed by atoms with Crippen molar-refractivity contribution in [3.8, 4) is 0 Å². The first-order valence-electron chi connectivity index (χ1n) is 7.15. The number of pyridine rings is 1. The average Bonchev–Trinajstić information content (AvgIpc) is 2.93. The lowest BCUT2D eigenvalue weighted by atomic mass is 10.2. The van der Waals surface area contributed by atoms with Crippen LogP contribution < -0.4 is 5.32 Å². The number of thiophene rings is 1. The molecule has 0 unspecified atom stereocenters. The van der Waals surface area contributed by atoms with Crippen LogP contribution in [0, 0.1) is 0 Å². The topological polar surface area (TPSA) is 28.2 Å². The number of hydrogen-bond donors (Lipinski definition) is 1. The Balaban J connectivity index is 2.11. The van der Waals surface area contributed by atoms with Gasteiger partial charge in [-0.25, -0.2) is 4.98 Å². The van der Waals surface area contributed by atoms with Crippen molar-refractivity contribution < 1.29 is 0 Å². The van der Waals surface area contributed by atoms with E-state index in [0.717, 1.165) is 25.5 Å². The number of hydrogen-bond acceptors (Lipinski definition) is 4. The molecule has 0 saturated heterocycles. The van der Waals surface area contributed by atoms with Crippen molar-refractivity contribution in [2.75, 3.05) is 11.9 Å². The van der Waals surface area contributed by atoms with Crippen LogP contribution in [0.1, 0.15) is 31.2 Å². The molecule has 2 aromatic rings. The first-order valence-corrected chi connectivity index (χ1v) is 8.03. The van der Waals surface area contributed by atoms with E-state index in [0.29, 0.717) is 6.04 Å². The van der Waals surface area contributed by atoms with Gasteiger partial charge < -0.3 is 5.32 Å². The quantitative estimate of drug-likeness (QED) is 0.835. The maximum atomic E-state index is 4.44. The highest BCUT2D eigenvalue weighted by atomic mass is 32.1. The molecular formula is C16H23N3S. The highest BCUT2D eigenvalue weighted by Crippen LogP contribution is 2.19. The predicted octanol–water partition coefficient (Wildman–Crippen LogP) is 3.99. The second kappa shape index (κ2) is 7.41. The van der Waals surface area contributed by atoms with Crippen LogP contribution in [0.3, 0.4) is 0 Å². The van der Waals surface area contributed by atoms with Crippen molar-refractivity contribution >= 4 is 17.2 Å². The van der Waals surface area contributed by atoms with Gasteiger partial charge in [-0.2, -0.15) is 0 Å². The summed E-state index contributed by atoms with van der Waals surface area (Å²) < 4.78 is 0. The molecule has 0 aliphatic rings. The van der Waals surface area contributed by atoms with Crippen molar-refractivity contribution in [1.82, 2.24) is 9.88 Å². The molecule has 2 heterocycles. The summed E-state index contributed by atoms with van der Waals surface area (Å²) in [4.78, 5) is 8.33. The van der Waals surface area contributed by atoms with Gasteiger partial charge in [0.05, 0.1) is 0 Å². The van der Waals surface area contributed by atoms with E-state index in [2.05, 4.69) is 59.6 Å². The Morgan fingerprint density at radius 1 is 1.25 bits per heavy atom. The van der Waals surface area contributed by atoms with E-state index in [9.17, 15) is 0 Å². The van der Waals surface area contributed by atoms with Gasteiger partial charge in [0.25, 0.3) is 0 Å². The normalized spacial score (nSPS) is 11.2. The maximum Gasteiger partial charge on any atom is 0.130 e. The Bertz CT molecular complexity index is 508. The number of nitrogens with zero attached hydrogens (tertiary/aromatic N) is 2. The second-order valence-corrected chi connectivity index (χ2v) is 6.15. The van der Waals surface area contributed by atoms with E-state index in [-0.39, 0.29) is 0 Å². The van der Waals surface area contributed by atoms with Crippen molar-refractivity contribution in [2.45, 2.75) is 39.9 Å². The highest BCUT2D eigenvalue weighted by Gasteiger charge is 2.13. The lowest BCUT2D eigenvalue weighted by Gasteiger charge is -2.26. The summed E-state index contributed by atoms with van der Waals surface area (Å²) in [5.41, 5.74) is 1.26. The average molecular weight is 289 g/mol. The molecule has 4 heteroatoms. The molecule has 0 aliphatic carbocycles. The molecule has 0 fully saturated rings. The molecule has 0 spiro atoms. The van der Waals surface area contributed by atoms with Gasteiger partial charge in [0, 0.05) is 42.3 Å². The first kappa shape index (κ1) is 15.0. The maximum absolute atomic E-state index is 4.44. The van der Waals surface area contributed by atoms with Crippen LogP contribution in [0.15, 0.2) is 35.8 Å². The molecule has 1 N–H and O–H groups in total. The van der Waals surface area contributed by atoms with Gasteiger partial charge in [0.15, 0.2) is 0 Å². The van der Waals surface area contributed by atoms with E-state index in [4.69, 9.17) is 0 Å². The Morgan fingerprint density at radius 3 is 2.75 bits per heavy atom. The van der Waals surface area contributed by atoms with Crippen LogP contribution in [0.25, 0.3) is 0 Å². The van der Waals surface area contributed by atoms with Gasteiger partial charge in [0.2, 0.25) is 0 Å². The zero-order valence-corrected chi connectivity index (χ0v) is 13.3. The van der Waals surface area contributed by atoms with Crippen LogP contribution in [0.5, 0.6) is 0 Å². The summed E-state index contributed by atoms with van der Waals surface area (Å²) in [5.74, 6) is 1.01. The minimum atomic E-state index is 0.506. The molecule has 20 heavy (non-hydrogen) atoms. The van der Waals surface area contributed by atoms with Gasteiger partial charge >= 0.3 is 0 Å². The zero-order valence-electron chi connectivity index (χ0n) is 12.5. The number of anilines is 1. The third-order valence-electron chi connectivity index (χ3n) is 3.28. The summed E-state index contributed by atoms with van der Waals surface area (Å²) in [6.45, 7) is 9.41. The molecule has 0 bridgehead atoms. The third-order valence-corrected chi connectivity index (χ3v) is 4.14. The molecule has 2 rings (SSSR count). The van der Waals surface area contributed by atoms with Crippen molar-refractivity contribution in [1.29, 1.82) is 0 Å².